The van der Waals surface area contributed by atoms with Crippen LogP contribution in [0.2, 0.25) is 0 Å². The van der Waals surface area contributed by atoms with Crippen molar-refractivity contribution in [1.29, 1.82) is 0 Å². The Bertz CT molecular complexity index is 1900. The summed E-state index contributed by atoms with van der Waals surface area (Å²) >= 11 is 0. The van der Waals surface area contributed by atoms with Crippen LogP contribution in [0.5, 0.6) is 0 Å². The van der Waals surface area contributed by atoms with E-state index in [0.717, 1.165) is 108 Å². The molecule has 0 spiro atoms. The molecule has 17 nitrogen and oxygen atoms in total. The largest absolute Gasteiger partial charge is 0.472 e. The Labute approximate surface area is 600 Å². The number of rotatable bonds is 77. The number of carbonyl (C=O) groups is 4. The van der Waals surface area contributed by atoms with Gasteiger partial charge in [0, 0.05) is 25.7 Å². The van der Waals surface area contributed by atoms with E-state index in [-0.39, 0.29) is 25.7 Å². The molecule has 0 aliphatic rings. The van der Waals surface area contributed by atoms with E-state index in [1.807, 2.05) is 0 Å². The highest BCUT2D eigenvalue weighted by atomic mass is 31.2. The number of aliphatic hydroxyl groups excluding tert-OH is 1. The molecule has 3 N–H and O–H groups in total. The van der Waals surface area contributed by atoms with Crippen LogP contribution in [0, 0.1) is 17.8 Å². The normalized spacial score (nSPS) is 14.0. The molecule has 0 saturated carbocycles. The third-order valence-electron chi connectivity index (χ3n) is 18.4. The summed E-state index contributed by atoms with van der Waals surface area (Å²) in [5.41, 5.74) is 0. The van der Waals surface area contributed by atoms with Crippen molar-refractivity contribution in [3.8, 4) is 0 Å². The first-order chi connectivity index (χ1) is 47.2. The van der Waals surface area contributed by atoms with Crippen molar-refractivity contribution in [1.82, 2.24) is 0 Å². The van der Waals surface area contributed by atoms with Crippen LogP contribution in [-0.2, 0) is 65.4 Å². The molecule has 0 saturated heterocycles. The maximum atomic E-state index is 13.1. The molecular weight excluding hydrogens is 1280 g/mol. The maximum absolute atomic E-state index is 13.1. The minimum absolute atomic E-state index is 0.104. The third-order valence-corrected chi connectivity index (χ3v) is 20.3. The summed E-state index contributed by atoms with van der Waals surface area (Å²) in [6, 6.07) is 0. The summed E-state index contributed by atoms with van der Waals surface area (Å²) in [4.78, 5) is 72.9. The first-order valence-electron chi connectivity index (χ1n) is 40.8. The SMILES string of the molecule is CCCCCCCCCCCCCCCCCCCCC(=O)OC[C@H](COP(=O)(O)OC[C@@H](O)COP(=O)(O)OC[C@@H](COC(=O)CCCCCCCCCCC(C)C)OC(=O)CCCCCCCCCCC(C)C)OC(=O)CCCCCCCCCCCCCCCCCC(C)C. The van der Waals surface area contributed by atoms with Gasteiger partial charge in [0.1, 0.15) is 19.3 Å². The molecule has 0 aromatic heterocycles. The van der Waals surface area contributed by atoms with Crippen molar-refractivity contribution in [2.45, 2.75) is 426 Å². The molecule has 0 aromatic rings. The first kappa shape index (κ1) is 96.1. The van der Waals surface area contributed by atoms with Crippen molar-refractivity contribution < 1.29 is 80.2 Å². The Balaban J connectivity index is 5.23. The lowest BCUT2D eigenvalue weighted by Crippen LogP contribution is -2.30. The Morgan fingerprint density at radius 2 is 0.469 bits per heavy atom. The predicted molar refractivity (Wildman–Crippen MR) is 400 cm³/mol. The van der Waals surface area contributed by atoms with E-state index in [2.05, 4.69) is 48.5 Å². The van der Waals surface area contributed by atoms with Crippen LogP contribution in [0.1, 0.15) is 408 Å². The van der Waals surface area contributed by atoms with E-state index in [4.69, 9.17) is 37.0 Å². The van der Waals surface area contributed by atoms with Crippen LogP contribution >= 0.6 is 15.6 Å². The quantitative estimate of drug-likeness (QED) is 0.0222. The Morgan fingerprint density at radius 1 is 0.276 bits per heavy atom. The van der Waals surface area contributed by atoms with Gasteiger partial charge in [-0.05, 0) is 43.4 Å². The highest BCUT2D eigenvalue weighted by Crippen LogP contribution is 2.45. The van der Waals surface area contributed by atoms with Gasteiger partial charge >= 0.3 is 39.5 Å². The molecule has 0 aromatic carbocycles. The van der Waals surface area contributed by atoms with Gasteiger partial charge in [-0.1, -0.05) is 357 Å². The van der Waals surface area contributed by atoms with Gasteiger partial charge in [0.05, 0.1) is 26.4 Å². The van der Waals surface area contributed by atoms with Gasteiger partial charge in [-0.25, -0.2) is 9.13 Å². The van der Waals surface area contributed by atoms with Crippen LogP contribution in [0.4, 0.5) is 0 Å². The second-order valence-electron chi connectivity index (χ2n) is 29.9. The van der Waals surface area contributed by atoms with E-state index in [9.17, 15) is 43.2 Å². The lowest BCUT2D eigenvalue weighted by atomic mass is 10.0. The minimum atomic E-state index is -4.96. The number of phosphoric ester groups is 2. The lowest BCUT2D eigenvalue weighted by Gasteiger charge is -2.21. The number of ether oxygens (including phenoxy) is 4. The second-order valence-corrected chi connectivity index (χ2v) is 32.8. The standard InChI is InChI=1S/C79H154O17P2/c1-8-9-10-11-12-13-14-15-16-17-18-21-24-27-30-39-46-53-60-76(81)89-66-74(95-78(83)62-55-48-41-31-28-25-22-19-20-23-26-29-36-43-50-57-70(2)3)68-93-97(85,86)91-64-73(80)65-92-98(87,88)94-69-75(96-79(84)63-56-49-42-35-33-38-45-52-59-72(6)7)67-90-77(82)61-54-47-40-34-32-37-44-51-58-71(4)5/h70-75,80H,8-69H2,1-7H3,(H,85,86)(H,87,88)/t73-,74-,75-/m1/s1. The zero-order valence-electron chi connectivity index (χ0n) is 64.3. The van der Waals surface area contributed by atoms with E-state index in [1.54, 1.807) is 0 Å². The van der Waals surface area contributed by atoms with E-state index >= 15 is 0 Å². The van der Waals surface area contributed by atoms with Gasteiger partial charge in [-0.3, -0.25) is 37.3 Å². The molecule has 0 aliphatic carbocycles. The fraction of sp³-hybridized carbons (Fsp3) is 0.949. The van der Waals surface area contributed by atoms with E-state index in [0.29, 0.717) is 25.7 Å². The maximum Gasteiger partial charge on any atom is 0.472 e. The summed E-state index contributed by atoms with van der Waals surface area (Å²) < 4.78 is 68.6. The van der Waals surface area contributed by atoms with Gasteiger partial charge in [0.15, 0.2) is 12.2 Å². The molecule has 19 heteroatoms. The van der Waals surface area contributed by atoms with Gasteiger partial charge < -0.3 is 33.8 Å². The Hall–Kier alpha value is -1.94. The summed E-state index contributed by atoms with van der Waals surface area (Å²) in [6.07, 6.45) is 57.0. The molecule has 0 fully saturated rings. The van der Waals surface area contributed by atoms with Gasteiger partial charge in [0.25, 0.3) is 0 Å². The molecule has 98 heavy (non-hydrogen) atoms. The number of carbonyl (C=O) groups excluding carboxylic acids is 4. The average molecular weight is 1440 g/mol. The molecule has 582 valence electrons. The summed E-state index contributed by atoms with van der Waals surface area (Å²) in [5.74, 6) is 0.131. The average Bonchev–Trinajstić information content (AvgIpc) is 0.995. The molecule has 0 rings (SSSR count). The number of esters is 4. The summed E-state index contributed by atoms with van der Waals surface area (Å²) in [6.45, 7) is 11.9. The topological polar surface area (TPSA) is 237 Å². The first-order valence-corrected chi connectivity index (χ1v) is 43.8. The molecule has 0 amide bonds. The number of hydrogen-bond donors (Lipinski definition) is 3. The number of hydrogen-bond acceptors (Lipinski definition) is 15. The fourth-order valence-corrected chi connectivity index (χ4v) is 13.7. The molecule has 0 radical (unpaired) electrons. The van der Waals surface area contributed by atoms with Crippen LogP contribution in [0.15, 0.2) is 0 Å². The molecular formula is C79H154O17P2. The third kappa shape index (κ3) is 72.4. The Kier molecular flexibility index (Phi) is 68.1. The van der Waals surface area contributed by atoms with Gasteiger partial charge in [-0.2, -0.15) is 0 Å². The van der Waals surface area contributed by atoms with Crippen molar-refractivity contribution in [2.75, 3.05) is 39.6 Å². The van der Waals surface area contributed by atoms with Crippen LogP contribution in [0.25, 0.3) is 0 Å². The lowest BCUT2D eigenvalue weighted by molar-refractivity contribution is -0.161. The smallest absolute Gasteiger partial charge is 0.462 e. The van der Waals surface area contributed by atoms with Crippen LogP contribution < -0.4 is 0 Å². The van der Waals surface area contributed by atoms with Crippen molar-refractivity contribution in [3.05, 3.63) is 0 Å². The number of unbranched alkanes of at least 4 members (excludes halogenated alkanes) is 45. The monoisotopic (exact) mass is 1440 g/mol. The van der Waals surface area contributed by atoms with E-state index < -0.39 is 97.5 Å². The molecule has 5 atom stereocenters. The molecule has 0 aliphatic heterocycles. The van der Waals surface area contributed by atoms with Crippen LogP contribution in [-0.4, -0.2) is 96.7 Å². The molecule has 0 heterocycles. The highest BCUT2D eigenvalue weighted by molar-refractivity contribution is 7.47. The summed E-state index contributed by atoms with van der Waals surface area (Å²) in [5, 5.41) is 10.6. The number of aliphatic hydroxyl groups is 1. The zero-order chi connectivity index (χ0) is 72.3. The van der Waals surface area contributed by atoms with Gasteiger partial charge in [-0.15, -0.1) is 0 Å². The van der Waals surface area contributed by atoms with Crippen molar-refractivity contribution in [3.63, 3.8) is 0 Å². The number of phosphoric acid groups is 2. The minimum Gasteiger partial charge on any atom is -0.462 e. The fourth-order valence-electron chi connectivity index (χ4n) is 12.1. The highest BCUT2D eigenvalue weighted by Gasteiger charge is 2.30. The Morgan fingerprint density at radius 3 is 0.694 bits per heavy atom. The molecule has 2 unspecified atom stereocenters. The second kappa shape index (κ2) is 69.4. The zero-order valence-corrected chi connectivity index (χ0v) is 66.0. The van der Waals surface area contributed by atoms with Crippen molar-refractivity contribution in [2.24, 2.45) is 17.8 Å². The molecule has 0 bridgehead atoms. The van der Waals surface area contributed by atoms with Crippen LogP contribution in [0.3, 0.4) is 0 Å². The van der Waals surface area contributed by atoms with E-state index in [1.165, 1.54) is 218 Å². The summed E-state index contributed by atoms with van der Waals surface area (Å²) in [7, 11) is -9.92. The van der Waals surface area contributed by atoms with Crippen molar-refractivity contribution >= 4 is 39.5 Å². The van der Waals surface area contributed by atoms with Gasteiger partial charge in [0.2, 0.25) is 0 Å². The predicted octanol–water partition coefficient (Wildman–Crippen LogP) is 23.4.